The largest absolute Gasteiger partial charge is 0.481 e. The predicted octanol–water partition coefficient (Wildman–Crippen LogP) is 0.452. The fourth-order valence-electron chi connectivity index (χ4n) is 1.99. The van der Waals surface area contributed by atoms with Crippen LogP contribution in [0.5, 0.6) is 0 Å². The highest BCUT2D eigenvalue weighted by molar-refractivity contribution is 5.86. The zero-order valence-corrected chi connectivity index (χ0v) is 10.3. The van der Waals surface area contributed by atoms with Gasteiger partial charge >= 0.3 is 12.1 Å². The van der Waals surface area contributed by atoms with Crippen LogP contribution >= 0.6 is 0 Å². The van der Waals surface area contributed by atoms with Gasteiger partial charge in [0, 0.05) is 26.1 Å². The monoisotopic (exact) mass is 258 g/mol. The number of hydrogen-bond donors (Lipinski definition) is 2. The van der Waals surface area contributed by atoms with Gasteiger partial charge in [-0.15, -0.1) is 0 Å². The van der Waals surface area contributed by atoms with Crippen molar-refractivity contribution in [2.24, 2.45) is 0 Å². The SMILES string of the molecule is C[C@H]1C(=O)N(CCCCC(=O)O)CCN1C(=O)O. The van der Waals surface area contributed by atoms with Crippen LogP contribution in [-0.2, 0) is 9.59 Å². The van der Waals surface area contributed by atoms with Crippen molar-refractivity contribution in [1.82, 2.24) is 9.80 Å². The number of amides is 2. The molecule has 1 fully saturated rings. The van der Waals surface area contributed by atoms with E-state index in [1.165, 1.54) is 0 Å². The van der Waals surface area contributed by atoms with Crippen LogP contribution in [0.25, 0.3) is 0 Å². The van der Waals surface area contributed by atoms with E-state index in [4.69, 9.17) is 10.2 Å². The highest BCUT2D eigenvalue weighted by Crippen LogP contribution is 2.12. The first-order chi connectivity index (χ1) is 8.43. The Hall–Kier alpha value is -1.79. The highest BCUT2D eigenvalue weighted by Gasteiger charge is 2.33. The summed E-state index contributed by atoms with van der Waals surface area (Å²) in [4.78, 5) is 35.8. The number of hydrogen-bond acceptors (Lipinski definition) is 3. The van der Waals surface area contributed by atoms with Crippen LogP contribution in [0.4, 0.5) is 4.79 Å². The van der Waals surface area contributed by atoms with Crippen molar-refractivity contribution in [3.8, 4) is 0 Å². The second-order valence-electron chi connectivity index (χ2n) is 4.33. The number of piperazine rings is 1. The lowest BCUT2D eigenvalue weighted by Gasteiger charge is -2.37. The molecule has 1 aliphatic heterocycles. The molecule has 0 saturated carbocycles. The van der Waals surface area contributed by atoms with Crippen molar-refractivity contribution in [3.63, 3.8) is 0 Å². The zero-order chi connectivity index (χ0) is 13.7. The van der Waals surface area contributed by atoms with Crippen molar-refractivity contribution in [3.05, 3.63) is 0 Å². The van der Waals surface area contributed by atoms with E-state index in [1.807, 2.05) is 0 Å². The summed E-state index contributed by atoms with van der Waals surface area (Å²) < 4.78 is 0. The van der Waals surface area contributed by atoms with Gasteiger partial charge in [-0.2, -0.15) is 0 Å². The molecule has 1 heterocycles. The zero-order valence-electron chi connectivity index (χ0n) is 10.3. The maximum atomic E-state index is 11.9. The molecule has 18 heavy (non-hydrogen) atoms. The van der Waals surface area contributed by atoms with Crippen molar-refractivity contribution < 1.29 is 24.6 Å². The molecule has 2 amide bonds. The summed E-state index contributed by atoms with van der Waals surface area (Å²) in [7, 11) is 0. The molecule has 0 unspecified atom stereocenters. The first-order valence-electron chi connectivity index (χ1n) is 5.93. The van der Waals surface area contributed by atoms with E-state index >= 15 is 0 Å². The summed E-state index contributed by atoms with van der Waals surface area (Å²) in [6.45, 7) is 2.74. The topological polar surface area (TPSA) is 98.2 Å². The summed E-state index contributed by atoms with van der Waals surface area (Å²) >= 11 is 0. The molecule has 0 radical (unpaired) electrons. The van der Waals surface area contributed by atoms with E-state index in [2.05, 4.69) is 0 Å². The smallest absolute Gasteiger partial charge is 0.408 e. The van der Waals surface area contributed by atoms with E-state index in [0.29, 0.717) is 32.5 Å². The molecule has 102 valence electrons. The van der Waals surface area contributed by atoms with Gasteiger partial charge in [0.2, 0.25) is 5.91 Å². The first kappa shape index (κ1) is 14.3. The minimum atomic E-state index is -1.08. The van der Waals surface area contributed by atoms with E-state index in [0.717, 1.165) is 4.90 Å². The molecule has 0 bridgehead atoms. The summed E-state index contributed by atoms with van der Waals surface area (Å²) in [6.07, 6.45) is 0.161. The van der Waals surface area contributed by atoms with Crippen LogP contribution in [0.2, 0.25) is 0 Å². The van der Waals surface area contributed by atoms with Gasteiger partial charge in [-0.1, -0.05) is 0 Å². The van der Waals surface area contributed by atoms with Crippen LogP contribution < -0.4 is 0 Å². The van der Waals surface area contributed by atoms with Gasteiger partial charge in [0.15, 0.2) is 0 Å². The normalized spacial score (nSPS) is 20.1. The Morgan fingerprint density at radius 3 is 2.50 bits per heavy atom. The number of carboxylic acids is 1. The molecule has 0 spiro atoms. The molecule has 2 N–H and O–H groups in total. The molecule has 0 aromatic rings. The molecule has 7 nitrogen and oxygen atoms in total. The molecule has 0 aromatic carbocycles. The molecular formula is C11H18N2O5. The second kappa shape index (κ2) is 6.23. The van der Waals surface area contributed by atoms with Gasteiger partial charge < -0.3 is 15.1 Å². The lowest BCUT2D eigenvalue weighted by molar-refractivity contribution is -0.139. The van der Waals surface area contributed by atoms with E-state index in [1.54, 1.807) is 11.8 Å². The maximum absolute atomic E-state index is 11.9. The third kappa shape index (κ3) is 3.61. The highest BCUT2D eigenvalue weighted by atomic mass is 16.4. The molecular weight excluding hydrogens is 240 g/mol. The van der Waals surface area contributed by atoms with Crippen molar-refractivity contribution in [1.29, 1.82) is 0 Å². The molecule has 1 rings (SSSR count). The van der Waals surface area contributed by atoms with Crippen molar-refractivity contribution in [2.45, 2.75) is 32.2 Å². The molecule has 0 aliphatic carbocycles. The fourth-order valence-corrected chi connectivity index (χ4v) is 1.99. The average molecular weight is 258 g/mol. The first-order valence-corrected chi connectivity index (χ1v) is 5.93. The van der Waals surface area contributed by atoms with Crippen LogP contribution in [0.15, 0.2) is 0 Å². The van der Waals surface area contributed by atoms with Gasteiger partial charge in [0.1, 0.15) is 6.04 Å². The second-order valence-corrected chi connectivity index (χ2v) is 4.33. The Kier molecular flexibility index (Phi) is 4.94. The Bertz CT molecular complexity index is 344. The molecule has 1 aliphatic rings. The summed E-state index contributed by atoms with van der Waals surface area (Å²) in [5.74, 6) is -1.05. The third-order valence-electron chi connectivity index (χ3n) is 3.06. The minimum Gasteiger partial charge on any atom is -0.481 e. The van der Waals surface area contributed by atoms with E-state index in [9.17, 15) is 14.4 Å². The number of carboxylic acid groups (broad SMARTS) is 2. The molecule has 1 atom stereocenters. The number of rotatable bonds is 5. The number of carbonyl (C=O) groups is 3. The van der Waals surface area contributed by atoms with Gasteiger partial charge in [0.25, 0.3) is 0 Å². The van der Waals surface area contributed by atoms with E-state index in [-0.39, 0.29) is 12.3 Å². The van der Waals surface area contributed by atoms with Crippen molar-refractivity contribution >= 4 is 18.0 Å². The predicted molar refractivity (Wildman–Crippen MR) is 62.3 cm³/mol. The Labute approximate surface area is 105 Å². The minimum absolute atomic E-state index is 0.0961. The summed E-state index contributed by atoms with van der Waals surface area (Å²) in [5, 5.41) is 17.4. The van der Waals surface area contributed by atoms with E-state index < -0.39 is 18.1 Å². The lowest BCUT2D eigenvalue weighted by atomic mass is 10.1. The molecule has 7 heteroatoms. The molecule has 1 saturated heterocycles. The van der Waals surface area contributed by atoms with Crippen LogP contribution in [0, 0.1) is 0 Å². The summed E-state index contributed by atoms with van der Waals surface area (Å²) in [5.41, 5.74) is 0. The van der Waals surface area contributed by atoms with Gasteiger partial charge in [-0.25, -0.2) is 4.79 Å². The number of nitrogens with zero attached hydrogens (tertiary/aromatic N) is 2. The number of carbonyl (C=O) groups excluding carboxylic acids is 1. The Balaban J connectivity index is 2.39. The Morgan fingerprint density at radius 1 is 1.28 bits per heavy atom. The lowest BCUT2D eigenvalue weighted by Crippen LogP contribution is -2.57. The van der Waals surface area contributed by atoms with Gasteiger partial charge in [-0.05, 0) is 19.8 Å². The van der Waals surface area contributed by atoms with Gasteiger partial charge in [-0.3, -0.25) is 14.5 Å². The Morgan fingerprint density at radius 2 is 1.94 bits per heavy atom. The van der Waals surface area contributed by atoms with Crippen LogP contribution in [0.3, 0.4) is 0 Å². The van der Waals surface area contributed by atoms with Crippen LogP contribution in [-0.4, -0.2) is 63.7 Å². The summed E-state index contributed by atoms with van der Waals surface area (Å²) in [6, 6.07) is -0.657. The standard InChI is InChI=1S/C11H18N2O5/c1-8-10(16)12(5-3-2-4-9(14)15)6-7-13(8)11(17)18/h8H,2-7H2,1H3,(H,14,15)(H,17,18)/t8-/m0/s1. The van der Waals surface area contributed by atoms with Gasteiger partial charge in [0.05, 0.1) is 0 Å². The third-order valence-corrected chi connectivity index (χ3v) is 3.06. The number of unbranched alkanes of at least 4 members (excludes halogenated alkanes) is 1. The van der Waals surface area contributed by atoms with Crippen LogP contribution in [0.1, 0.15) is 26.2 Å². The molecule has 0 aromatic heterocycles. The quantitative estimate of drug-likeness (QED) is 0.698. The number of aliphatic carboxylic acids is 1. The maximum Gasteiger partial charge on any atom is 0.408 e. The van der Waals surface area contributed by atoms with Crippen molar-refractivity contribution in [2.75, 3.05) is 19.6 Å². The average Bonchev–Trinajstić information content (AvgIpc) is 2.29. The fraction of sp³-hybridized carbons (Fsp3) is 0.727.